The second kappa shape index (κ2) is 5.87. The average Bonchev–Trinajstić information content (AvgIpc) is 2.29. The lowest BCUT2D eigenvalue weighted by molar-refractivity contribution is -0.132. The minimum Gasteiger partial charge on any atom is -0.477 e. The molecule has 0 aliphatic rings. The molecule has 0 spiro atoms. The molecule has 0 amide bonds. The molecule has 1 aromatic heterocycles. The highest BCUT2D eigenvalue weighted by atomic mass is 35.5. The van der Waals surface area contributed by atoms with E-state index >= 15 is 0 Å². The number of carboxylic acids is 1. The van der Waals surface area contributed by atoms with E-state index in [9.17, 15) is 4.79 Å². The fourth-order valence-corrected chi connectivity index (χ4v) is 1.49. The Kier molecular flexibility index (Phi) is 4.49. The molecule has 0 saturated carbocycles. The maximum atomic E-state index is 10.9. The molecule has 0 atom stereocenters. The van der Waals surface area contributed by atoms with Crippen molar-refractivity contribution in [1.29, 1.82) is 5.26 Å². The van der Waals surface area contributed by atoms with Crippen molar-refractivity contribution < 1.29 is 9.90 Å². The zero-order chi connectivity index (χ0) is 12.8. The van der Waals surface area contributed by atoms with Crippen molar-refractivity contribution in [1.82, 2.24) is 10.3 Å². The minimum atomic E-state index is -1.30. The first-order valence-corrected chi connectivity index (χ1v) is 5.22. The Morgan fingerprint density at radius 1 is 1.71 bits per heavy atom. The van der Waals surface area contributed by atoms with Crippen LogP contribution in [0.2, 0.25) is 5.15 Å². The van der Waals surface area contributed by atoms with E-state index in [1.807, 2.05) is 0 Å². The molecule has 0 fully saturated rings. The van der Waals surface area contributed by atoms with Crippen LogP contribution in [0.1, 0.15) is 12.5 Å². The summed E-state index contributed by atoms with van der Waals surface area (Å²) in [6.07, 6.45) is 1.49. The third-order valence-electron chi connectivity index (χ3n) is 1.96. The Labute approximate surface area is 103 Å². The third kappa shape index (κ3) is 2.95. The number of rotatable bonds is 4. The SMILES string of the molecule is CCN/C(=C(/C#N)C(=O)O)c1cccnc1Cl. The van der Waals surface area contributed by atoms with Crippen LogP contribution in [-0.2, 0) is 4.79 Å². The third-order valence-corrected chi connectivity index (χ3v) is 2.26. The summed E-state index contributed by atoms with van der Waals surface area (Å²) in [6, 6.07) is 4.87. The Morgan fingerprint density at radius 2 is 2.41 bits per heavy atom. The maximum Gasteiger partial charge on any atom is 0.348 e. The Bertz CT molecular complexity index is 506. The van der Waals surface area contributed by atoms with Gasteiger partial charge in [0.15, 0.2) is 5.57 Å². The van der Waals surface area contributed by atoms with Gasteiger partial charge in [0.05, 0.1) is 5.70 Å². The van der Waals surface area contributed by atoms with Gasteiger partial charge in [0.2, 0.25) is 0 Å². The van der Waals surface area contributed by atoms with Gasteiger partial charge < -0.3 is 10.4 Å². The molecule has 0 bridgehead atoms. The molecule has 0 aliphatic carbocycles. The number of carbonyl (C=O) groups is 1. The van der Waals surface area contributed by atoms with Gasteiger partial charge in [-0.25, -0.2) is 9.78 Å². The van der Waals surface area contributed by atoms with Gasteiger partial charge in [0.1, 0.15) is 11.2 Å². The lowest BCUT2D eigenvalue weighted by Gasteiger charge is -2.11. The average molecular weight is 252 g/mol. The molecule has 5 nitrogen and oxygen atoms in total. The minimum absolute atomic E-state index is 0.150. The second-order valence-corrected chi connectivity index (χ2v) is 3.40. The molecule has 2 N–H and O–H groups in total. The molecular formula is C11H10ClN3O2. The second-order valence-electron chi connectivity index (χ2n) is 3.04. The number of hydrogen-bond acceptors (Lipinski definition) is 4. The molecule has 1 heterocycles. The number of halogens is 1. The van der Waals surface area contributed by atoms with Gasteiger partial charge in [-0.3, -0.25) is 0 Å². The number of hydrogen-bond donors (Lipinski definition) is 2. The van der Waals surface area contributed by atoms with Crippen molar-refractivity contribution in [2.24, 2.45) is 0 Å². The molecule has 0 aliphatic heterocycles. The van der Waals surface area contributed by atoms with E-state index in [1.54, 1.807) is 25.1 Å². The zero-order valence-electron chi connectivity index (χ0n) is 9.07. The van der Waals surface area contributed by atoms with Crippen molar-refractivity contribution in [3.63, 3.8) is 0 Å². The van der Waals surface area contributed by atoms with E-state index in [0.29, 0.717) is 12.1 Å². The van der Waals surface area contributed by atoms with Crippen LogP contribution in [-0.4, -0.2) is 22.6 Å². The van der Waals surface area contributed by atoms with Crippen LogP contribution < -0.4 is 5.32 Å². The van der Waals surface area contributed by atoms with Crippen LogP contribution in [0.3, 0.4) is 0 Å². The van der Waals surface area contributed by atoms with Gasteiger partial charge in [-0.2, -0.15) is 5.26 Å². The number of nitriles is 1. The predicted octanol–water partition coefficient (Wildman–Crippen LogP) is 1.66. The van der Waals surface area contributed by atoms with Gasteiger partial charge in [0.25, 0.3) is 0 Å². The van der Waals surface area contributed by atoms with Crippen LogP contribution in [0.4, 0.5) is 0 Å². The van der Waals surface area contributed by atoms with Gasteiger partial charge in [0, 0.05) is 18.3 Å². The number of carboxylic acid groups (broad SMARTS) is 1. The lowest BCUT2D eigenvalue weighted by atomic mass is 10.1. The van der Waals surface area contributed by atoms with Crippen molar-refractivity contribution in [3.05, 3.63) is 34.6 Å². The zero-order valence-corrected chi connectivity index (χ0v) is 9.82. The van der Waals surface area contributed by atoms with Crippen molar-refractivity contribution in [2.75, 3.05) is 6.54 Å². The Hall–Kier alpha value is -2.06. The smallest absolute Gasteiger partial charge is 0.348 e. The van der Waals surface area contributed by atoms with Crippen LogP contribution >= 0.6 is 11.6 Å². The van der Waals surface area contributed by atoms with Gasteiger partial charge in [-0.15, -0.1) is 0 Å². The monoisotopic (exact) mass is 251 g/mol. The van der Waals surface area contributed by atoms with E-state index < -0.39 is 5.97 Å². The maximum absolute atomic E-state index is 10.9. The highest BCUT2D eigenvalue weighted by molar-refractivity contribution is 6.31. The molecule has 17 heavy (non-hydrogen) atoms. The molecular weight excluding hydrogens is 242 g/mol. The van der Waals surface area contributed by atoms with Gasteiger partial charge in [-0.1, -0.05) is 11.6 Å². The van der Waals surface area contributed by atoms with Crippen LogP contribution in [0.15, 0.2) is 23.9 Å². The summed E-state index contributed by atoms with van der Waals surface area (Å²) in [5.41, 5.74) is 0.192. The quantitative estimate of drug-likeness (QED) is 0.483. The van der Waals surface area contributed by atoms with E-state index in [1.165, 1.54) is 6.20 Å². The summed E-state index contributed by atoms with van der Waals surface area (Å²) in [6.45, 7) is 2.26. The number of aliphatic carboxylic acids is 1. The molecule has 0 aromatic carbocycles. The summed E-state index contributed by atoms with van der Waals surface area (Å²) in [4.78, 5) is 14.8. The predicted molar refractivity (Wildman–Crippen MR) is 63.1 cm³/mol. The largest absolute Gasteiger partial charge is 0.477 e. The fourth-order valence-electron chi connectivity index (χ4n) is 1.28. The molecule has 0 radical (unpaired) electrons. The standard InChI is InChI=1S/C11H10ClN3O2/c1-2-14-9(8(6-13)11(16)17)7-4-3-5-15-10(7)12/h3-5,14H,2H2,1H3,(H,16,17)/b9-8-. The van der Waals surface area contributed by atoms with Gasteiger partial charge >= 0.3 is 5.97 Å². The van der Waals surface area contributed by atoms with E-state index in [2.05, 4.69) is 10.3 Å². The molecule has 1 aromatic rings. The van der Waals surface area contributed by atoms with Crippen LogP contribution in [0, 0.1) is 11.3 Å². The molecule has 88 valence electrons. The van der Waals surface area contributed by atoms with E-state index in [-0.39, 0.29) is 16.4 Å². The summed E-state index contributed by atoms with van der Waals surface area (Å²) < 4.78 is 0. The first-order chi connectivity index (χ1) is 8.11. The van der Waals surface area contributed by atoms with Crippen molar-refractivity contribution in [2.45, 2.75) is 6.92 Å². The van der Waals surface area contributed by atoms with Crippen LogP contribution in [0.25, 0.3) is 5.70 Å². The summed E-state index contributed by atoms with van der Waals surface area (Å²) >= 11 is 5.87. The number of aromatic nitrogens is 1. The highest BCUT2D eigenvalue weighted by Gasteiger charge is 2.17. The summed E-state index contributed by atoms with van der Waals surface area (Å²) in [7, 11) is 0. The molecule has 0 saturated heterocycles. The fraction of sp³-hybridized carbons (Fsp3) is 0.182. The van der Waals surface area contributed by atoms with Crippen molar-refractivity contribution in [3.8, 4) is 6.07 Å². The van der Waals surface area contributed by atoms with Crippen LogP contribution in [0.5, 0.6) is 0 Å². The van der Waals surface area contributed by atoms with Gasteiger partial charge in [-0.05, 0) is 19.1 Å². The molecule has 6 heteroatoms. The summed E-state index contributed by atoms with van der Waals surface area (Å²) in [5, 5.41) is 20.8. The number of nitrogens with zero attached hydrogens (tertiary/aromatic N) is 2. The topological polar surface area (TPSA) is 86.0 Å². The van der Waals surface area contributed by atoms with E-state index in [4.69, 9.17) is 22.0 Å². The first kappa shape index (κ1) is 13.0. The molecule has 1 rings (SSSR count). The lowest BCUT2D eigenvalue weighted by Crippen LogP contribution is -2.17. The Morgan fingerprint density at radius 3 is 2.88 bits per heavy atom. The summed E-state index contributed by atoms with van der Waals surface area (Å²) in [5.74, 6) is -1.30. The van der Waals surface area contributed by atoms with Crippen molar-refractivity contribution >= 4 is 23.3 Å². The van der Waals surface area contributed by atoms with E-state index in [0.717, 1.165) is 0 Å². The number of pyridine rings is 1. The Balaban J connectivity index is 3.42. The normalized spacial score (nSPS) is 11.4. The first-order valence-electron chi connectivity index (χ1n) is 4.84. The molecule has 0 unspecified atom stereocenters. The highest BCUT2D eigenvalue weighted by Crippen LogP contribution is 2.22. The number of nitrogens with one attached hydrogen (secondary N) is 1.